The maximum absolute atomic E-state index is 11.2. The van der Waals surface area contributed by atoms with Gasteiger partial charge in [-0.15, -0.1) is 0 Å². The molecule has 1 aromatic carbocycles. The van der Waals surface area contributed by atoms with Gasteiger partial charge in [0.2, 0.25) is 0 Å². The van der Waals surface area contributed by atoms with Crippen LogP contribution in [0.5, 0.6) is 0 Å². The molecule has 0 aromatic heterocycles. The predicted octanol–water partition coefficient (Wildman–Crippen LogP) is 0.746. The number of benzene rings is 1. The Balaban J connectivity index is 2.02. The summed E-state index contributed by atoms with van der Waals surface area (Å²) in [5.74, 6) is 0.187. The van der Waals surface area contributed by atoms with Crippen molar-refractivity contribution in [1.82, 2.24) is 0 Å². The van der Waals surface area contributed by atoms with Gasteiger partial charge in [-0.3, -0.25) is 4.79 Å². The molecule has 1 aliphatic heterocycles. The van der Waals surface area contributed by atoms with Gasteiger partial charge in [0.1, 0.15) is 5.69 Å². The van der Waals surface area contributed by atoms with Gasteiger partial charge >= 0.3 is 12.0 Å². The third-order valence-electron chi connectivity index (χ3n) is 1.98. The summed E-state index contributed by atoms with van der Waals surface area (Å²) in [7, 11) is 0. The van der Waals surface area contributed by atoms with E-state index in [1.54, 1.807) is 5.32 Å². The van der Waals surface area contributed by atoms with Crippen LogP contribution >= 0.6 is 12.6 Å². The molecule has 0 bridgehead atoms. The van der Waals surface area contributed by atoms with Gasteiger partial charge in [0, 0.05) is 11.8 Å². The van der Waals surface area contributed by atoms with Crippen molar-refractivity contribution in [3.05, 3.63) is 24.3 Å². The Morgan fingerprint density at radius 2 is 2.27 bits per heavy atom. The van der Waals surface area contributed by atoms with Crippen LogP contribution in [-0.2, 0) is 9.53 Å². The lowest BCUT2D eigenvalue weighted by Crippen LogP contribution is -2.81. The highest BCUT2D eigenvalue weighted by Crippen LogP contribution is 2.22. The number of nitrogens with two attached hydrogens (primary N) is 1. The first-order valence-electron chi connectivity index (χ1n) is 4.63. The molecule has 15 heavy (non-hydrogen) atoms. The van der Waals surface area contributed by atoms with Crippen molar-refractivity contribution in [3.8, 4) is 0 Å². The Kier molecular flexibility index (Phi) is 3.03. The lowest BCUT2D eigenvalue weighted by molar-refractivity contribution is -0.456. The van der Waals surface area contributed by atoms with E-state index in [1.807, 2.05) is 24.3 Å². The van der Waals surface area contributed by atoms with E-state index in [-0.39, 0.29) is 5.97 Å². The summed E-state index contributed by atoms with van der Waals surface area (Å²) in [6.07, 6.45) is 0.298. The van der Waals surface area contributed by atoms with Crippen LogP contribution in [0.25, 0.3) is 0 Å². The zero-order chi connectivity index (χ0) is 10.7. The largest absolute Gasteiger partial charge is 0.409 e. The fourth-order valence-corrected chi connectivity index (χ4v) is 1.49. The van der Waals surface area contributed by atoms with Gasteiger partial charge in [0.15, 0.2) is 5.69 Å². The minimum Gasteiger partial charge on any atom is -0.362 e. The molecule has 2 rings (SSSR count). The van der Waals surface area contributed by atoms with Crippen LogP contribution in [0.1, 0.15) is 6.42 Å². The van der Waals surface area contributed by atoms with E-state index in [9.17, 15) is 4.79 Å². The number of nitrogens with zero attached hydrogens (tertiary/aromatic N) is 1. The molecule has 4 nitrogen and oxygen atoms in total. The number of esters is 1. The van der Waals surface area contributed by atoms with Crippen LogP contribution in [0.3, 0.4) is 0 Å². The molecule has 0 fully saturated rings. The fourth-order valence-electron chi connectivity index (χ4n) is 1.31. The molecule has 5 heteroatoms. The topological polar surface area (TPSA) is 55.3 Å². The van der Waals surface area contributed by atoms with Crippen molar-refractivity contribution in [2.75, 3.05) is 5.75 Å². The van der Waals surface area contributed by atoms with Crippen LogP contribution in [-0.4, -0.2) is 17.7 Å². The Hall–Kier alpha value is -1.33. The summed E-state index contributed by atoms with van der Waals surface area (Å²) in [5, 5.41) is 1.76. The van der Waals surface area contributed by atoms with E-state index in [0.29, 0.717) is 18.2 Å². The first-order chi connectivity index (χ1) is 7.29. The van der Waals surface area contributed by atoms with E-state index in [1.165, 1.54) is 0 Å². The molecular formula is C10H11N2O2S+. The number of quaternary nitrogens is 1. The number of hydrogen-bond donors (Lipinski definition) is 2. The quantitative estimate of drug-likeness (QED) is 0.441. The van der Waals surface area contributed by atoms with Gasteiger partial charge in [0.25, 0.3) is 0 Å². The molecule has 1 aromatic rings. The second-order valence-electron chi connectivity index (χ2n) is 3.10. The van der Waals surface area contributed by atoms with Gasteiger partial charge in [-0.05, 0) is 6.07 Å². The number of fused-ring (bicyclic) bond motifs is 1. The average molecular weight is 223 g/mol. The maximum atomic E-state index is 11.2. The summed E-state index contributed by atoms with van der Waals surface area (Å²) in [5.41, 5.74) is 1.82. The summed E-state index contributed by atoms with van der Waals surface area (Å²) >= 11 is 3.96. The molecule has 0 amide bonds. The molecule has 1 aliphatic rings. The van der Waals surface area contributed by atoms with Gasteiger partial charge in [-0.25, -0.2) is 5.32 Å². The van der Waals surface area contributed by atoms with E-state index < -0.39 is 0 Å². The van der Waals surface area contributed by atoms with E-state index >= 15 is 0 Å². The molecule has 0 aliphatic carbocycles. The SMILES string of the molecule is O=C(CCS)OC1=Nc2ccccc2[NH2+]1. The Labute approximate surface area is 92.8 Å². The lowest BCUT2D eigenvalue weighted by Gasteiger charge is -1.97. The molecule has 0 unspecified atom stereocenters. The van der Waals surface area contributed by atoms with Crippen molar-refractivity contribution in [2.24, 2.45) is 4.99 Å². The maximum Gasteiger partial charge on any atom is 0.409 e. The molecule has 2 N–H and O–H groups in total. The van der Waals surface area contributed by atoms with E-state index in [0.717, 1.165) is 11.4 Å². The van der Waals surface area contributed by atoms with E-state index in [2.05, 4.69) is 17.6 Å². The van der Waals surface area contributed by atoms with Gasteiger partial charge in [-0.2, -0.15) is 17.6 Å². The van der Waals surface area contributed by atoms with Crippen LogP contribution in [0, 0.1) is 0 Å². The van der Waals surface area contributed by atoms with Crippen molar-refractivity contribution < 1.29 is 14.8 Å². The number of aliphatic imine (C=N–C) groups is 1. The standard InChI is InChI=1S/C10H10N2O2S/c13-9(5-6-15)14-10-11-7-3-1-2-4-8(7)12-10/h1-4,15H,5-6H2,(H,11,12)/p+1. The monoisotopic (exact) mass is 223 g/mol. The number of para-hydroxylation sites is 2. The van der Waals surface area contributed by atoms with Crippen molar-refractivity contribution in [2.45, 2.75) is 6.42 Å². The summed E-state index contributed by atoms with van der Waals surface area (Å²) in [4.78, 5) is 15.3. The highest BCUT2D eigenvalue weighted by Gasteiger charge is 2.22. The van der Waals surface area contributed by atoms with Crippen LogP contribution < -0.4 is 5.32 Å². The minimum absolute atomic E-state index is 0.298. The molecule has 0 saturated carbocycles. The minimum atomic E-state index is -0.298. The van der Waals surface area contributed by atoms with E-state index in [4.69, 9.17) is 4.74 Å². The number of carbonyl (C=O) groups excluding carboxylic acids is 1. The predicted molar refractivity (Wildman–Crippen MR) is 59.7 cm³/mol. The van der Waals surface area contributed by atoms with Crippen LogP contribution in [0.2, 0.25) is 0 Å². The zero-order valence-electron chi connectivity index (χ0n) is 8.01. The zero-order valence-corrected chi connectivity index (χ0v) is 8.91. The summed E-state index contributed by atoms with van der Waals surface area (Å²) < 4.78 is 5.04. The highest BCUT2D eigenvalue weighted by atomic mass is 32.1. The molecule has 0 atom stereocenters. The third kappa shape index (κ3) is 2.37. The normalized spacial score (nSPS) is 13.3. The average Bonchev–Trinajstić information content (AvgIpc) is 2.59. The molecule has 0 spiro atoms. The molecule has 0 radical (unpaired) electrons. The second-order valence-corrected chi connectivity index (χ2v) is 3.55. The first-order valence-corrected chi connectivity index (χ1v) is 5.27. The van der Waals surface area contributed by atoms with Gasteiger partial charge < -0.3 is 4.74 Å². The lowest BCUT2D eigenvalue weighted by atomic mass is 10.3. The van der Waals surface area contributed by atoms with Crippen molar-refractivity contribution in [3.63, 3.8) is 0 Å². The van der Waals surface area contributed by atoms with Crippen molar-refractivity contribution in [1.29, 1.82) is 0 Å². The van der Waals surface area contributed by atoms with Crippen LogP contribution in [0.4, 0.5) is 11.4 Å². The molecule has 78 valence electrons. The van der Waals surface area contributed by atoms with Gasteiger partial charge in [-0.1, -0.05) is 12.1 Å². The first kappa shape index (κ1) is 10.2. The van der Waals surface area contributed by atoms with Crippen molar-refractivity contribution >= 4 is 36.0 Å². The number of carbonyl (C=O) groups is 1. The third-order valence-corrected chi connectivity index (χ3v) is 2.20. The van der Waals surface area contributed by atoms with Gasteiger partial charge in [0.05, 0.1) is 6.42 Å². The molecule has 0 saturated heterocycles. The number of hydrogen-bond acceptors (Lipinski definition) is 4. The number of thiol groups is 1. The Morgan fingerprint density at radius 3 is 3.00 bits per heavy atom. The number of amidine groups is 1. The molecular weight excluding hydrogens is 212 g/mol. The number of ether oxygens (including phenoxy) is 1. The summed E-state index contributed by atoms with van der Waals surface area (Å²) in [6.45, 7) is 0. The highest BCUT2D eigenvalue weighted by molar-refractivity contribution is 7.80. The second kappa shape index (κ2) is 4.46. The Morgan fingerprint density at radius 1 is 1.47 bits per heavy atom. The number of rotatable bonds is 2. The fraction of sp³-hybridized carbons (Fsp3) is 0.200. The Bertz CT molecular complexity index is 418. The smallest absolute Gasteiger partial charge is 0.362 e. The van der Waals surface area contributed by atoms with Crippen LogP contribution in [0.15, 0.2) is 29.3 Å². The summed E-state index contributed by atoms with van der Waals surface area (Å²) in [6, 6.07) is 7.99. The molecule has 1 heterocycles.